The Balaban J connectivity index is 1.69. The minimum Gasteiger partial charge on any atom is -0.356 e. The number of alkyl halides is 3. The molecule has 0 saturated carbocycles. The number of rotatable bonds is 6. The second-order valence-corrected chi connectivity index (χ2v) is 9.08. The molecular formula is C21H19F3N2O4S. The summed E-state index contributed by atoms with van der Waals surface area (Å²) in [6.45, 7) is 3.39. The van der Waals surface area contributed by atoms with Crippen LogP contribution in [0.5, 0.6) is 0 Å². The molecule has 3 rings (SSSR count). The summed E-state index contributed by atoms with van der Waals surface area (Å²) in [5, 5.41) is 6.19. The lowest BCUT2D eigenvalue weighted by molar-refractivity contribution is -0.137. The first-order valence-electron chi connectivity index (χ1n) is 9.20. The van der Waals surface area contributed by atoms with Crippen LogP contribution in [0, 0.1) is 13.8 Å². The number of anilines is 1. The normalized spacial score (nSPS) is 12.0. The smallest absolute Gasteiger partial charge is 0.356 e. The van der Waals surface area contributed by atoms with E-state index >= 15 is 0 Å². The molecule has 164 valence electrons. The predicted molar refractivity (Wildman–Crippen MR) is 108 cm³/mol. The number of carbonyl (C=O) groups is 1. The van der Waals surface area contributed by atoms with E-state index in [1.807, 2.05) is 0 Å². The van der Waals surface area contributed by atoms with E-state index in [0.717, 1.165) is 24.3 Å². The van der Waals surface area contributed by atoms with Crippen LogP contribution in [0.2, 0.25) is 0 Å². The van der Waals surface area contributed by atoms with Gasteiger partial charge in [0, 0.05) is 23.7 Å². The van der Waals surface area contributed by atoms with Gasteiger partial charge in [-0.25, -0.2) is 8.42 Å². The van der Waals surface area contributed by atoms with Gasteiger partial charge in [-0.2, -0.15) is 13.2 Å². The van der Waals surface area contributed by atoms with Gasteiger partial charge >= 0.3 is 6.18 Å². The average molecular weight is 452 g/mol. The molecule has 0 aliphatic heterocycles. The van der Waals surface area contributed by atoms with E-state index in [1.165, 1.54) is 6.07 Å². The maximum Gasteiger partial charge on any atom is 0.416 e. The van der Waals surface area contributed by atoms with Crippen molar-refractivity contribution >= 4 is 21.4 Å². The highest BCUT2D eigenvalue weighted by Gasteiger charge is 2.30. The van der Waals surface area contributed by atoms with Gasteiger partial charge in [0.15, 0.2) is 15.6 Å². The zero-order chi connectivity index (χ0) is 22.8. The van der Waals surface area contributed by atoms with Crippen LogP contribution in [0.15, 0.2) is 57.9 Å². The Morgan fingerprint density at radius 3 is 2.32 bits per heavy atom. The molecule has 0 fully saturated rings. The van der Waals surface area contributed by atoms with E-state index in [0.29, 0.717) is 22.6 Å². The molecule has 1 N–H and O–H groups in total. The predicted octanol–water partition coefficient (Wildman–Crippen LogP) is 4.78. The number of aromatic nitrogens is 1. The van der Waals surface area contributed by atoms with Crippen molar-refractivity contribution in [1.29, 1.82) is 0 Å². The third kappa shape index (κ3) is 5.52. The SMILES string of the molecule is Cc1cc(-c2ccc(C)c(S(=O)(=O)CCC(=O)Nc3ccc(C(F)(F)F)cc3)c2)on1. The van der Waals surface area contributed by atoms with Gasteiger partial charge in [-0.05, 0) is 49.7 Å². The molecule has 0 unspecified atom stereocenters. The zero-order valence-corrected chi connectivity index (χ0v) is 17.5. The Kier molecular flexibility index (Phi) is 6.21. The molecule has 2 aromatic carbocycles. The largest absolute Gasteiger partial charge is 0.416 e. The van der Waals surface area contributed by atoms with E-state index in [2.05, 4.69) is 10.5 Å². The molecule has 0 aliphatic carbocycles. The Labute approximate surface area is 177 Å². The standard InChI is InChI=1S/C21H19F3N2O4S/c1-13-3-4-15(18-11-14(2)26-30-18)12-19(13)31(28,29)10-9-20(27)25-17-7-5-16(6-8-17)21(22,23)24/h3-8,11-12H,9-10H2,1-2H3,(H,25,27). The monoisotopic (exact) mass is 452 g/mol. The van der Waals surface area contributed by atoms with E-state index in [-0.39, 0.29) is 17.0 Å². The minimum atomic E-state index is -4.48. The average Bonchev–Trinajstić information content (AvgIpc) is 3.13. The highest BCUT2D eigenvalue weighted by atomic mass is 32.2. The number of hydrogen-bond acceptors (Lipinski definition) is 5. The molecule has 6 nitrogen and oxygen atoms in total. The Morgan fingerprint density at radius 1 is 1.06 bits per heavy atom. The number of carbonyl (C=O) groups excluding carboxylic acids is 1. The van der Waals surface area contributed by atoms with E-state index in [9.17, 15) is 26.4 Å². The van der Waals surface area contributed by atoms with E-state index < -0.39 is 33.2 Å². The van der Waals surface area contributed by atoms with Crippen molar-refractivity contribution in [2.45, 2.75) is 31.3 Å². The van der Waals surface area contributed by atoms with Crippen molar-refractivity contribution in [2.75, 3.05) is 11.1 Å². The number of halogens is 3. The van der Waals surface area contributed by atoms with Gasteiger partial charge in [-0.3, -0.25) is 4.79 Å². The number of aryl methyl sites for hydroxylation is 2. The Bertz CT molecular complexity index is 1200. The van der Waals surface area contributed by atoms with Crippen molar-refractivity contribution in [2.24, 2.45) is 0 Å². The molecule has 0 saturated heterocycles. The van der Waals surface area contributed by atoms with Crippen molar-refractivity contribution in [3.05, 3.63) is 65.4 Å². The summed E-state index contributed by atoms with van der Waals surface area (Å²) in [6.07, 6.45) is -4.83. The maximum atomic E-state index is 12.8. The minimum absolute atomic E-state index is 0.0707. The second-order valence-electron chi connectivity index (χ2n) is 7.00. The maximum absolute atomic E-state index is 12.8. The number of sulfone groups is 1. The topological polar surface area (TPSA) is 89.3 Å². The molecule has 1 aromatic heterocycles. The van der Waals surface area contributed by atoms with Crippen molar-refractivity contribution in [1.82, 2.24) is 5.16 Å². The van der Waals surface area contributed by atoms with Gasteiger partial charge in [-0.1, -0.05) is 17.3 Å². The number of nitrogens with one attached hydrogen (secondary N) is 1. The molecule has 0 atom stereocenters. The number of nitrogens with zero attached hydrogens (tertiary/aromatic N) is 1. The van der Waals surface area contributed by atoms with Crippen LogP contribution in [-0.4, -0.2) is 25.2 Å². The summed E-state index contributed by atoms with van der Waals surface area (Å²) in [5.74, 6) is -0.656. The summed E-state index contributed by atoms with van der Waals surface area (Å²) in [5.41, 5.74) is 1.02. The Hall–Kier alpha value is -3.14. The number of benzene rings is 2. The van der Waals surface area contributed by atoms with E-state index in [4.69, 9.17) is 4.52 Å². The summed E-state index contributed by atoms with van der Waals surface area (Å²) in [7, 11) is -3.80. The summed E-state index contributed by atoms with van der Waals surface area (Å²) in [6, 6.07) is 10.4. The fourth-order valence-electron chi connectivity index (χ4n) is 2.89. The van der Waals surface area contributed by atoms with Gasteiger partial charge in [0.1, 0.15) is 0 Å². The molecule has 1 heterocycles. The number of hydrogen-bond donors (Lipinski definition) is 1. The molecular weight excluding hydrogens is 433 g/mol. The number of amides is 1. The van der Waals surface area contributed by atoms with Crippen LogP contribution in [-0.2, 0) is 20.8 Å². The van der Waals surface area contributed by atoms with Gasteiger partial charge in [0.05, 0.1) is 21.9 Å². The molecule has 1 amide bonds. The quantitative estimate of drug-likeness (QED) is 0.581. The van der Waals surface area contributed by atoms with Gasteiger partial charge in [0.2, 0.25) is 5.91 Å². The fourth-order valence-corrected chi connectivity index (χ4v) is 4.43. The summed E-state index contributed by atoms with van der Waals surface area (Å²) < 4.78 is 68.6. The van der Waals surface area contributed by atoms with Crippen LogP contribution in [0.25, 0.3) is 11.3 Å². The highest BCUT2D eigenvalue weighted by Crippen LogP contribution is 2.30. The first kappa shape index (κ1) is 22.5. The van der Waals surface area contributed by atoms with Crippen LogP contribution >= 0.6 is 0 Å². The fraction of sp³-hybridized carbons (Fsp3) is 0.238. The molecule has 0 bridgehead atoms. The van der Waals surface area contributed by atoms with Crippen LogP contribution in [0.1, 0.15) is 23.2 Å². The summed E-state index contributed by atoms with van der Waals surface area (Å²) >= 11 is 0. The highest BCUT2D eigenvalue weighted by molar-refractivity contribution is 7.91. The molecule has 0 aliphatic rings. The van der Waals surface area contributed by atoms with E-state index in [1.54, 1.807) is 32.0 Å². The van der Waals surface area contributed by atoms with Gasteiger partial charge in [0.25, 0.3) is 0 Å². The van der Waals surface area contributed by atoms with Gasteiger partial charge < -0.3 is 9.84 Å². The summed E-state index contributed by atoms with van der Waals surface area (Å²) in [4.78, 5) is 12.2. The lowest BCUT2D eigenvalue weighted by Crippen LogP contribution is -2.18. The first-order chi connectivity index (χ1) is 14.5. The van der Waals surface area contributed by atoms with Crippen molar-refractivity contribution in [3.8, 4) is 11.3 Å². The van der Waals surface area contributed by atoms with Crippen LogP contribution in [0.4, 0.5) is 18.9 Å². The zero-order valence-electron chi connectivity index (χ0n) is 16.7. The lowest BCUT2D eigenvalue weighted by atomic mass is 10.1. The molecule has 3 aromatic rings. The van der Waals surface area contributed by atoms with Gasteiger partial charge in [-0.15, -0.1) is 0 Å². The van der Waals surface area contributed by atoms with Crippen molar-refractivity contribution in [3.63, 3.8) is 0 Å². The molecule has 0 radical (unpaired) electrons. The third-order valence-electron chi connectivity index (χ3n) is 4.53. The third-order valence-corrected chi connectivity index (χ3v) is 6.38. The van der Waals surface area contributed by atoms with Crippen LogP contribution in [0.3, 0.4) is 0 Å². The lowest BCUT2D eigenvalue weighted by Gasteiger charge is -2.10. The molecule has 31 heavy (non-hydrogen) atoms. The van der Waals surface area contributed by atoms with Crippen molar-refractivity contribution < 1.29 is 30.9 Å². The second kappa shape index (κ2) is 8.54. The molecule has 10 heteroatoms. The van der Waals surface area contributed by atoms with Crippen LogP contribution < -0.4 is 5.32 Å². The Morgan fingerprint density at radius 2 is 1.74 bits per heavy atom. The molecule has 0 spiro atoms. The first-order valence-corrected chi connectivity index (χ1v) is 10.9.